The Morgan fingerprint density at radius 1 is 1.00 bits per heavy atom. The molecule has 0 spiro atoms. The molecule has 40 heavy (non-hydrogen) atoms. The number of hydrogen-bond donors (Lipinski definition) is 1. The molecule has 220 valence electrons. The maximum absolute atomic E-state index is 12.9. The number of rotatable bonds is 4. The highest BCUT2D eigenvalue weighted by atomic mass is 35.5. The van der Waals surface area contributed by atoms with Crippen molar-refractivity contribution in [1.29, 1.82) is 0 Å². The molecule has 2 fully saturated rings. The van der Waals surface area contributed by atoms with Gasteiger partial charge in [-0.15, -0.1) is 11.6 Å². The van der Waals surface area contributed by atoms with Crippen LogP contribution >= 0.6 is 11.6 Å². The molecular formula is C28H35ClO11. The fourth-order valence-electron chi connectivity index (χ4n) is 6.10. The Hall–Kier alpha value is -3.18. The van der Waals surface area contributed by atoms with E-state index in [2.05, 4.69) is 13.2 Å². The van der Waals surface area contributed by atoms with Gasteiger partial charge in [0.2, 0.25) is 0 Å². The minimum absolute atomic E-state index is 0.0880. The van der Waals surface area contributed by atoms with Gasteiger partial charge in [0.25, 0.3) is 0 Å². The van der Waals surface area contributed by atoms with Gasteiger partial charge in [-0.25, -0.2) is 0 Å². The number of fused-ring (bicyclic) bond motifs is 2. The van der Waals surface area contributed by atoms with E-state index in [0.29, 0.717) is 0 Å². The first-order chi connectivity index (χ1) is 18.5. The van der Waals surface area contributed by atoms with Crippen molar-refractivity contribution >= 4 is 41.4 Å². The van der Waals surface area contributed by atoms with E-state index in [1.54, 1.807) is 6.92 Å². The number of ether oxygens (including phenoxy) is 5. The van der Waals surface area contributed by atoms with E-state index in [-0.39, 0.29) is 17.6 Å². The molecule has 1 saturated carbocycles. The molecule has 3 aliphatic rings. The summed E-state index contributed by atoms with van der Waals surface area (Å²) in [4.78, 5) is 62.2. The van der Waals surface area contributed by atoms with Crippen molar-refractivity contribution in [2.75, 3.05) is 0 Å². The Bertz CT molecular complexity index is 1160. The minimum atomic E-state index is -2.28. The van der Waals surface area contributed by atoms with Crippen molar-refractivity contribution in [3.63, 3.8) is 0 Å². The second kappa shape index (κ2) is 11.4. The van der Waals surface area contributed by atoms with Gasteiger partial charge in [-0.05, 0) is 24.1 Å². The van der Waals surface area contributed by atoms with Crippen LogP contribution < -0.4 is 0 Å². The monoisotopic (exact) mass is 582 g/mol. The molecule has 0 aromatic heterocycles. The largest absolute Gasteiger partial charge is 0.462 e. The van der Waals surface area contributed by atoms with Crippen LogP contribution in [-0.2, 0) is 47.7 Å². The zero-order valence-electron chi connectivity index (χ0n) is 23.3. The number of carbonyl (C=O) groups is 5. The van der Waals surface area contributed by atoms with Gasteiger partial charge in [0, 0.05) is 40.0 Å². The lowest BCUT2D eigenvalue weighted by Gasteiger charge is -2.56. The molecule has 0 amide bonds. The van der Waals surface area contributed by atoms with Crippen molar-refractivity contribution in [2.24, 2.45) is 17.3 Å². The molecule has 1 aliphatic heterocycles. The first-order valence-corrected chi connectivity index (χ1v) is 13.2. The fourth-order valence-corrected chi connectivity index (χ4v) is 6.42. The molecule has 12 heteroatoms. The molecule has 11 nitrogen and oxygen atoms in total. The Morgan fingerprint density at radius 2 is 1.55 bits per heavy atom. The summed E-state index contributed by atoms with van der Waals surface area (Å²) in [7, 11) is 0. The van der Waals surface area contributed by atoms with Crippen LogP contribution in [0.4, 0.5) is 0 Å². The van der Waals surface area contributed by atoms with Gasteiger partial charge in [0.05, 0.1) is 16.7 Å². The van der Waals surface area contributed by atoms with E-state index in [0.717, 1.165) is 6.92 Å². The molecule has 1 N–H and O–H groups in total. The highest BCUT2D eigenvalue weighted by molar-refractivity contribution is 6.23. The molecular weight excluding hydrogens is 548 g/mol. The van der Waals surface area contributed by atoms with E-state index in [4.69, 9.17) is 35.3 Å². The Kier molecular flexibility index (Phi) is 8.91. The van der Waals surface area contributed by atoms with Crippen LogP contribution in [0.3, 0.4) is 0 Å². The minimum Gasteiger partial charge on any atom is -0.462 e. The van der Waals surface area contributed by atoms with E-state index in [1.807, 2.05) is 0 Å². The second-order valence-corrected chi connectivity index (χ2v) is 11.2. The summed E-state index contributed by atoms with van der Waals surface area (Å²) >= 11 is 6.69. The number of esters is 5. The summed E-state index contributed by atoms with van der Waals surface area (Å²) in [5, 5.41) is 11.2. The van der Waals surface area contributed by atoms with E-state index in [9.17, 15) is 29.1 Å². The predicted molar refractivity (Wildman–Crippen MR) is 139 cm³/mol. The zero-order valence-corrected chi connectivity index (χ0v) is 24.1. The molecule has 10 atom stereocenters. The van der Waals surface area contributed by atoms with E-state index < -0.39 is 88.6 Å². The lowest BCUT2D eigenvalue weighted by Crippen LogP contribution is -2.68. The quantitative estimate of drug-likeness (QED) is 0.225. The fraction of sp³-hybridized carbons (Fsp3) is 0.607. The third-order valence-electron chi connectivity index (χ3n) is 8.03. The van der Waals surface area contributed by atoms with Crippen molar-refractivity contribution in [1.82, 2.24) is 0 Å². The number of halogens is 1. The van der Waals surface area contributed by atoms with Gasteiger partial charge in [0.15, 0.2) is 11.7 Å². The van der Waals surface area contributed by atoms with E-state index in [1.165, 1.54) is 39.8 Å². The number of aliphatic hydroxyl groups is 1. The molecule has 1 saturated heterocycles. The first-order valence-electron chi connectivity index (χ1n) is 12.8. The average Bonchev–Trinajstić information content (AvgIpc) is 3.06. The topological polar surface area (TPSA) is 152 Å². The molecule has 0 bridgehead atoms. The summed E-state index contributed by atoms with van der Waals surface area (Å²) in [5.41, 5.74) is -3.42. The number of hydrogen-bond acceptors (Lipinski definition) is 11. The maximum atomic E-state index is 12.9. The van der Waals surface area contributed by atoms with Gasteiger partial charge >= 0.3 is 29.8 Å². The first kappa shape index (κ1) is 31.3. The predicted octanol–water partition coefficient (Wildman–Crippen LogP) is 2.32. The third-order valence-corrected chi connectivity index (χ3v) is 8.54. The maximum Gasteiger partial charge on any atom is 0.312 e. The number of alkyl halides is 1. The lowest BCUT2D eigenvalue weighted by atomic mass is 9.54. The molecule has 0 aromatic rings. The SMILES string of the molecule is C=C1C=CC(OC(C)=O)C2(C)C(OC(C)=O)CC(OC(C)=O)C(=C)C2C(OC(C)=O)C2(O)C(C)C(=O)OC2C1Cl. The van der Waals surface area contributed by atoms with Crippen LogP contribution in [-0.4, -0.2) is 76.5 Å². The standard InChI is InChI=1S/C28H35ClO11/c1-12-9-10-20(37-16(5)31)27(8)21(38-17(6)32)11-19(36-15(4)30)13(2)22(27)24(39-18(7)33)28(35)14(3)26(34)40-25(28)23(12)29/h9-10,14,19-25,35H,1-2,11H2,3-8H3. The Morgan fingerprint density at radius 3 is 2.08 bits per heavy atom. The molecule has 0 radical (unpaired) electrons. The summed E-state index contributed by atoms with van der Waals surface area (Å²) < 4.78 is 28.3. The summed E-state index contributed by atoms with van der Waals surface area (Å²) in [6.07, 6.45) is -3.62. The van der Waals surface area contributed by atoms with Crippen molar-refractivity contribution in [2.45, 2.75) is 89.5 Å². The molecule has 3 rings (SSSR count). The third kappa shape index (κ3) is 5.41. The Labute approximate surface area is 237 Å². The van der Waals surface area contributed by atoms with Crippen LogP contribution in [0.2, 0.25) is 0 Å². The summed E-state index contributed by atoms with van der Waals surface area (Å²) in [6.45, 7) is 15.7. The van der Waals surface area contributed by atoms with Crippen LogP contribution in [0.25, 0.3) is 0 Å². The zero-order chi connectivity index (χ0) is 30.3. The summed E-state index contributed by atoms with van der Waals surface area (Å²) in [6, 6.07) is 0. The van der Waals surface area contributed by atoms with Crippen molar-refractivity contribution in [3.05, 3.63) is 36.5 Å². The summed E-state index contributed by atoms with van der Waals surface area (Å²) in [5.74, 6) is -6.21. The van der Waals surface area contributed by atoms with Gasteiger partial charge in [-0.3, -0.25) is 24.0 Å². The van der Waals surface area contributed by atoms with Crippen LogP contribution in [0.5, 0.6) is 0 Å². The van der Waals surface area contributed by atoms with Gasteiger partial charge in [0.1, 0.15) is 24.4 Å². The normalized spacial score (nSPS) is 39.2. The van der Waals surface area contributed by atoms with Crippen molar-refractivity contribution in [3.8, 4) is 0 Å². The van der Waals surface area contributed by atoms with Gasteiger partial charge in [-0.2, -0.15) is 0 Å². The van der Waals surface area contributed by atoms with E-state index >= 15 is 0 Å². The highest BCUT2D eigenvalue weighted by Gasteiger charge is 2.70. The Balaban J connectivity index is 2.45. The lowest BCUT2D eigenvalue weighted by molar-refractivity contribution is -0.223. The molecule has 2 aliphatic carbocycles. The molecule has 0 aromatic carbocycles. The van der Waals surface area contributed by atoms with Crippen LogP contribution in [0.15, 0.2) is 36.5 Å². The van der Waals surface area contributed by atoms with Gasteiger partial charge in [-0.1, -0.05) is 26.2 Å². The molecule has 1 heterocycles. The second-order valence-electron chi connectivity index (χ2n) is 10.7. The molecule has 10 unspecified atom stereocenters. The average molecular weight is 583 g/mol. The highest BCUT2D eigenvalue weighted by Crippen LogP contribution is 2.56. The number of carbonyl (C=O) groups excluding carboxylic acids is 5. The van der Waals surface area contributed by atoms with Crippen molar-refractivity contribution < 1.29 is 52.8 Å². The van der Waals surface area contributed by atoms with Gasteiger partial charge < -0.3 is 28.8 Å². The van der Waals surface area contributed by atoms with Crippen LogP contribution in [0.1, 0.15) is 48.0 Å². The number of allylic oxidation sites excluding steroid dienone is 1. The smallest absolute Gasteiger partial charge is 0.312 e. The van der Waals surface area contributed by atoms with Crippen LogP contribution in [0, 0.1) is 17.3 Å².